The Bertz CT molecular complexity index is 616. The maximum absolute atomic E-state index is 11.6. The lowest BCUT2D eigenvalue weighted by atomic mass is 10.3. The Kier molecular flexibility index (Phi) is 2.89. The molecule has 0 bridgehead atoms. The molecule has 2 rings (SSSR count). The van der Waals surface area contributed by atoms with E-state index in [4.69, 9.17) is 11.6 Å². The van der Waals surface area contributed by atoms with E-state index in [0.29, 0.717) is 5.69 Å². The van der Waals surface area contributed by atoms with Gasteiger partial charge in [0.25, 0.3) is 5.56 Å². The van der Waals surface area contributed by atoms with Gasteiger partial charge in [0, 0.05) is 20.3 Å². The Balaban J connectivity index is 2.40. The Morgan fingerprint density at radius 2 is 2.06 bits per heavy atom. The van der Waals surface area contributed by atoms with Gasteiger partial charge in [-0.15, -0.1) is 0 Å². The van der Waals surface area contributed by atoms with E-state index >= 15 is 0 Å². The molecule has 0 atom stereocenters. The van der Waals surface area contributed by atoms with Crippen LogP contribution in [0.4, 0.5) is 11.4 Å². The molecule has 0 aliphatic heterocycles. The fraction of sp³-hybridized carbons (Fsp3) is 0.300. The van der Waals surface area contributed by atoms with E-state index in [1.165, 1.54) is 10.9 Å². The van der Waals surface area contributed by atoms with E-state index in [1.807, 2.05) is 20.2 Å². The lowest BCUT2D eigenvalue weighted by Gasteiger charge is -2.06. The molecule has 1 N–H and O–H groups in total. The zero-order valence-corrected chi connectivity index (χ0v) is 10.5. The Morgan fingerprint density at radius 1 is 1.35 bits per heavy atom. The highest BCUT2D eigenvalue weighted by Crippen LogP contribution is 2.22. The average molecular weight is 254 g/mol. The van der Waals surface area contributed by atoms with Crippen molar-refractivity contribution in [1.29, 1.82) is 0 Å². The van der Waals surface area contributed by atoms with E-state index < -0.39 is 0 Å². The van der Waals surface area contributed by atoms with Gasteiger partial charge in [-0.3, -0.25) is 9.48 Å². The summed E-state index contributed by atoms with van der Waals surface area (Å²) in [5.41, 5.74) is 1.76. The quantitative estimate of drug-likeness (QED) is 0.874. The van der Waals surface area contributed by atoms with Crippen molar-refractivity contribution in [2.45, 2.75) is 6.92 Å². The summed E-state index contributed by atoms with van der Waals surface area (Å²) < 4.78 is 2.86. The number of aromatic nitrogens is 4. The maximum atomic E-state index is 11.6. The van der Waals surface area contributed by atoms with Gasteiger partial charge in [-0.2, -0.15) is 10.2 Å². The smallest absolute Gasteiger partial charge is 0.287 e. The van der Waals surface area contributed by atoms with Crippen molar-refractivity contribution >= 4 is 23.0 Å². The molecule has 0 unspecified atom stereocenters. The number of hydrogen-bond acceptors (Lipinski definition) is 4. The van der Waals surface area contributed by atoms with Crippen molar-refractivity contribution in [2.24, 2.45) is 14.1 Å². The number of nitrogens with zero attached hydrogens (tertiary/aromatic N) is 4. The number of rotatable bonds is 2. The highest BCUT2D eigenvalue weighted by molar-refractivity contribution is 6.33. The first-order chi connectivity index (χ1) is 7.99. The molecule has 0 saturated heterocycles. The van der Waals surface area contributed by atoms with E-state index in [2.05, 4.69) is 15.5 Å². The van der Waals surface area contributed by atoms with Crippen LogP contribution in [0.2, 0.25) is 5.02 Å². The summed E-state index contributed by atoms with van der Waals surface area (Å²) >= 11 is 5.94. The van der Waals surface area contributed by atoms with Crippen molar-refractivity contribution in [2.75, 3.05) is 5.32 Å². The van der Waals surface area contributed by atoms with Crippen LogP contribution in [0, 0.1) is 6.92 Å². The van der Waals surface area contributed by atoms with Crippen molar-refractivity contribution in [3.05, 3.63) is 33.5 Å². The van der Waals surface area contributed by atoms with Crippen molar-refractivity contribution < 1.29 is 0 Å². The summed E-state index contributed by atoms with van der Waals surface area (Å²) in [6, 6.07) is 0. The van der Waals surface area contributed by atoms with Crippen LogP contribution in [0.3, 0.4) is 0 Å². The van der Waals surface area contributed by atoms with E-state index in [0.717, 1.165) is 11.4 Å². The minimum Gasteiger partial charge on any atom is -0.350 e. The maximum Gasteiger partial charge on any atom is 0.287 e. The summed E-state index contributed by atoms with van der Waals surface area (Å²) in [6.07, 6.45) is 3.32. The van der Waals surface area contributed by atoms with Crippen LogP contribution in [0.5, 0.6) is 0 Å². The second kappa shape index (κ2) is 4.21. The first-order valence-corrected chi connectivity index (χ1v) is 5.36. The predicted octanol–water partition coefficient (Wildman–Crippen LogP) is 1.22. The van der Waals surface area contributed by atoms with Gasteiger partial charge in [-0.1, -0.05) is 11.6 Å². The number of aryl methyl sites for hydroxylation is 3. The number of halogens is 1. The Hall–Kier alpha value is -1.82. The minimum absolute atomic E-state index is 0.116. The zero-order chi connectivity index (χ0) is 12.6. The average Bonchev–Trinajstić information content (AvgIpc) is 2.58. The lowest BCUT2D eigenvalue weighted by Crippen LogP contribution is -2.20. The molecule has 2 heterocycles. The molecule has 0 spiro atoms. The van der Waals surface area contributed by atoms with Gasteiger partial charge in [-0.05, 0) is 6.92 Å². The van der Waals surface area contributed by atoms with Gasteiger partial charge in [-0.25, -0.2) is 4.68 Å². The lowest BCUT2D eigenvalue weighted by molar-refractivity contribution is 0.709. The molecule has 6 nitrogen and oxygen atoms in total. The number of anilines is 2. The van der Waals surface area contributed by atoms with Crippen LogP contribution in [-0.4, -0.2) is 19.6 Å². The molecule has 2 aromatic heterocycles. The van der Waals surface area contributed by atoms with Crippen LogP contribution >= 0.6 is 11.6 Å². The van der Waals surface area contributed by atoms with Crippen molar-refractivity contribution in [3.8, 4) is 0 Å². The third kappa shape index (κ3) is 2.16. The third-order valence-corrected chi connectivity index (χ3v) is 2.73. The van der Waals surface area contributed by atoms with E-state index in [9.17, 15) is 4.79 Å². The van der Waals surface area contributed by atoms with Gasteiger partial charge in [0.05, 0.1) is 23.3 Å². The Morgan fingerprint density at radius 3 is 2.65 bits per heavy atom. The van der Waals surface area contributed by atoms with Gasteiger partial charge in [0.2, 0.25) is 0 Å². The van der Waals surface area contributed by atoms with Crippen LogP contribution in [0.25, 0.3) is 0 Å². The largest absolute Gasteiger partial charge is 0.350 e. The normalized spacial score (nSPS) is 10.6. The molecular formula is C10H12ClN5O. The number of hydrogen-bond donors (Lipinski definition) is 1. The predicted molar refractivity (Wildman–Crippen MR) is 65.7 cm³/mol. The summed E-state index contributed by atoms with van der Waals surface area (Å²) in [7, 11) is 3.37. The molecular weight excluding hydrogens is 242 g/mol. The fourth-order valence-electron chi connectivity index (χ4n) is 1.47. The first-order valence-electron chi connectivity index (χ1n) is 4.98. The van der Waals surface area contributed by atoms with Crippen molar-refractivity contribution in [1.82, 2.24) is 19.6 Å². The number of nitrogens with one attached hydrogen (secondary N) is 1. The second-order valence-electron chi connectivity index (χ2n) is 3.73. The molecule has 17 heavy (non-hydrogen) atoms. The van der Waals surface area contributed by atoms with Crippen LogP contribution < -0.4 is 10.9 Å². The van der Waals surface area contributed by atoms with Crippen molar-refractivity contribution in [3.63, 3.8) is 0 Å². The van der Waals surface area contributed by atoms with Gasteiger partial charge in [0.1, 0.15) is 5.02 Å². The molecule has 7 heteroatoms. The standard InChI is InChI=1S/C10H12ClN5O/c1-6-8(5-15(2)14-6)13-7-4-12-16(3)10(17)9(7)11/h4-5,13H,1-3H3. The highest BCUT2D eigenvalue weighted by Gasteiger charge is 2.10. The SMILES string of the molecule is Cc1nn(C)cc1Nc1cnn(C)c(=O)c1Cl. The van der Waals surface area contributed by atoms with E-state index in [1.54, 1.807) is 11.7 Å². The molecule has 0 aliphatic rings. The molecule has 0 fully saturated rings. The monoisotopic (exact) mass is 253 g/mol. The molecule has 0 radical (unpaired) electrons. The molecule has 90 valence electrons. The summed E-state index contributed by atoms with van der Waals surface area (Å²) in [5, 5.41) is 11.2. The molecule has 0 saturated carbocycles. The summed E-state index contributed by atoms with van der Waals surface area (Å²) in [5.74, 6) is 0. The minimum atomic E-state index is -0.335. The van der Waals surface area contributed by atoms with Crippen LogP contribution in [0.15, 0.2) is 17.2 Å². The van der Waals surface area contributed by atoms with Gasteiger partial charge in [0.15, 0.2) is 0 Å². The molecule has 2 aromatic rings. The zero-order valence-electron chi connectivity index (χ0n) is 9.73. The fourth-order valence-corrected chi connectivity index (χ4v) is 1.68. The van der Waals surface area contributed by atoms with Gasteiger partial charge >= 0.3 is 0 Å². The molecule has 0 amide bonds. The van der Waals surface area contributed by atoms with Crippen LogP contribution in [0.1, 0.15) is 5.69 Å². The summed E-state index contributed by atoms with van der Waals surface area (Å²) in [6.45, 7) is 1.87. The third-order valence-electron chi connectivity index (χ3n) is 2.36. The van der Waals surface area contributed by atoms with E-state index in [-0.39, 0.29) is 10.6 Å². The molecule has 0 aliphatic carbocycles. The molecule has 0 aromatic carbocycles. The summed E-state index contributed by atoms with van der Waals surface area (Å²) in [4.78, 5) is 11.6. The second-order valence-corrected chi connectivity index (χ2v) is 4.11. The topological polar surface area (TPSA) is 64.7 Å². The van der Waals surface area contributed by atoms with Crippen LogP contribution in [-0.2, 0) is 14.1 Å². The Labute approximate surface area is 103 Å². The van der Waals surface area contributed by atoms with Gasteiger partial charge < -0.3 is 5.32 Å². The first kappa shape index (κ1) is 11.7. The highest BCUT2D eigenvalue weighted by atomic mass is 35.5.